The highest BCUT2D eigenvalue weighted by Crippen LogP contribution is 2.11. The molecular formula is C12H10N4O4S. The van der Waals surface area contributed by atoms with E-state index >= 15 is 0 Å². The van der Waals surface area contributed by atoms with Gasteiger partial charge in [0, 0.05) is 11.5 Å². The van der Waals surface area contributed by atoms with Crippen LogP contribution in [0, 0.1) is 0 Å². The molecule has 108 valence electrons. The van der Waals surface area contributed by atoms with Gasteiger partial charge in [-0.15, -0.1) is 0 Å². The zero-order chi connectivity index (χ0) is 15.1. The minimum Gasteiger partial charge on any atom is -0.476 e. The average Bonchev–Trinajstić information content (AvgIpc) is 2.93. The first-order valence-electron chi connectivity index (χ1n) is 5.72. The Balaban J connectivity index is 2.08. The predicted octanol–water partition coefficient (Wildman–Crippen LogP) is 1.11. The lowest BCUT2D eigenvalue weighted by Crippen LogP contribution is -2.16. The van der Waals surface area contributed by atoms with Crippen molar-refractivity contribution in [2.75, 3.05) is 5.32 Å². The van der Waals surface area contributed by atoms with Crippen molar-refractivity contribution in [1.29, 1.82) is 0 Å². The number of nitrogens with zero attached hydrogens (tertiary/aromatic N) is 3. The molecule has 0 spiro atoms. The van der Waals surface area contributed by atoms with Gasteiger partial charge in [0.25, 0.3) is 0 Å². The van der Waals surface area contributed by atoms with E-state index in [1.807, 2.05) is 30.3 Å². The number of carboxylic acid groups (broad SMARTS) is 1. The Hall–Kier alpha value is -2.81. The van der Waals surface area contributed by atoms with Gasteiger partial charge in [-0.3, -0.25) is 4.79 Å². The second-order valence-corrected chi connectivity index (χ2v) is 4.44. The second kappa shape index (κ2) is 7.10. The summed E-state index contributed by atoms with van der Waals surface area (Å²) in [6, 6.07) is 9.17. The minimum atomic E-state index is -1.32. The van der Waals surface area contributed by atoms with Crippen molar-refractivity contribution < 1.29 is 19.5 Å². The molecule has 2 aromatic rings. The second-order valence-electron chi connectivity index (χ2n) is 3.69. The quantitative estimate of drug-likeness (QED) is 0.450. The van der Waals surface area contributed by atoms with E-state index in [4.69, 9.17) is 9.94 Å². The van der Waals surface area contributed by atoms with Crippen LogP contribution in [0.25, 0.3) is 0 Å². The number of carboxylic acids is 1. The molecule has 1 aromatic heterocycles. The predicted molar refractivity (Wildman–Crippen MR) is 75.0 cm³/mol. The summed E-state index contributed by atoms with van der Waals surface area (Å²) in [6.45, 7) is 0.126. The van der Waals surface area contributed by atoms with Crippen LogP contribution >= 0.6 is 11.5 Å². The molecule has 0 fully saturated rings. The summed E-state index contributed by atoms with van der Waals surface area (Å²) in [5.74, 6) is -1.44. The average molecular weight is 306 g/mol. The Morgan fingerprint density at radius 2 is 2.19 bits per heavy atom. The van der Waals surface area contributed by atoms with Crippen molar-refractivity contribution >= 4 is 34.8 Å². The fourth-order valence-corrected chi connectivity index (χ4v) is 1.88. The van der Waals surface area contributed by atoms with Gasteiger partial charge in [-0.05, 0) is 5.56 Å². The number of amides is 1. The minimum absolute atomic E-state index is 0.120. The van der Waals surface area contributed by atoms with Crippen LogP contribution in [0.15, 0.2) is 35.5 Å². The number of aromatic nitrogens is 2. The summed E-state index contributed by atoms with van der Waals surface area (Å²) in [5, 5.41) is 15.1. The van der Waals surface area contributed by atoms with Crippen LogP contribution in [-0.4, -0.2) is 32.6 Å². The number of rotatable bonds is 7. The number of hydrogen-bond acceptors (Lipinski definition) is 7. The maximum Gasteiger partial charge on any atom is 0.362 e. The van der Waals surface area contributed by atoms with E-state index < -0.39 is 11.7 Å². The van der Waals surface area contributed by atoms with Crippen LogP contribution in [0.3, 0.4) is 0 Å². The topological polar surface area (TPSA) is 114 Å². The van der Waals surface area contributed by atoms with Gasteiger partial charge in [0.1, 0.15) is 6.61 Å². The number of aliphatic carboxylic acids is 1. The summed E-state index contributed by atoms with van der Waals surface area (Å²) in [6.07, 6.45) is 0.424. The summed E-state index contributed by atoms with van der Waals surface area (Å²) in [7, 11) is 0. The van der Waals surface area contributed by atoms with E-state index in [0.717, 1.165) is 17.1 Å². The molecule has 1 heterocycles. The molecule has 0 unspecified atom stereocenters. The molecule has 9 heteroatoms. The lowest BCUT2D eigenvalue weighted by molar-refractivity contribution is -0.129. The molecule has 8 nitrogen and oxygen atoms in total. The normalized spacial score (nSPS) is 11.0. The number of oxime groups is 1. The first kappa shape index (κ1) is 14.6. The number of anilines is 1. The van der Waals surface area contributed by atoms with Crippen molar-refractivity contribution in [1.82, 2.24) is 9.36 Å². The van der Waals surface area contributed by atoms with Crippen LogP contribution in [0.5, 0.6) is 0 Å². The summed E-state index contributed by atoms with van der Waals surface area (Å²) in [4.78, 5) is 30.2. The highest BCUT2D eigenvalue weighted by atomic mass is 32.1. The molecular weight excluding hydrogens is 296 g/mol. The molecule has 0 aliphatic heterocycles. The molecule has 0 aliphatic rings. The fourth-order valence-electron chi connectivity index (χ4n) is 1.35. The Morgan fingerprint density at radius 1 is 1.43 bits per heavy atom. The van der Waals surface area contributed by atoms with Crippen LogP contribution in [0.2, 0.25) is 0 Å². The summed E-state index contributed by atoms with van der Waals surface area (Å²) < 4.78 is 3.80. The maximum absolute atomic E-state index is 11.1. The van der Waals surface area contributed by atoms with Crippen LogP contribution < -0.4 is 5.32 Å². The zero-order valence-electron chi connectivity index (χ0n) is 10.6. The van der Waals surface area contributed by atoms with E-state index in [0.29, 0.717) is 6.41 Å². The van der Waals surface area contributed by atoms with Gasteiger partial charge in [0.05, 0.1) is 0 Å². The number of hydrogen-bond donors (Lipinski definition) is 2. The van der Waals surface area contributed by atoms with E-state index in [9.17, 15) is 9.59 Å². The molecule has 0 bridgehead atoms. The van der Waals surface area contributed by atoms with Crippen molar-refractivity contribution in [2.24, 2.45) is 5.16 Å². The van der Waals surface area contributed by atoms with Crippen molar-refractivity contribution in [2.45, 2.75) is 6.61 Å². The van der Waals surface area contributed by atoms with Gasteiger partial charge in [-0.1, -0.05) is 35.5 Å². The number of benzene rings is 1. The zero-order valence-corrected chi connectivity index (χ0v) is 11.4. The van der Waals surface area contributed by atoms with Crippen molar-refractivity contribution in [3.8, 4) is 0 Å². The van der Waals surface area contributed by atoms with Gasteiger partial charge in [-0.2, -0.15) is 9.36 Å². The lowest BCUT2D eigenvalue weighted by Gasteiger charge is -2.00. The maximum atomic E-state index is 11.1. The van der Waals surface area contributed by atoms with Crippen molar-refractivity contribution in [3.63, 3.8) is 0 Å². The number of nitrogens with one attached hydrogen (secondary N) is 1. The van der Waals surface area contributed by atoms with Crippen LogP contribution in [-0.2, 0) is 21.0 Å². The van der Waals surface area contributed by atoms with Gasteiger partial charge >= 0.3 is 5.97 Å². The fraction of sp³-hybridized carbons (Fsp3) is 0.0833. The smallest absolute Gasteiger partial charge is 0.362 e. The molecule has 0 aliphatic carbocycles. The molecule has 2 N–H and O–H groups in total. The summed E-state index contributed by atoms with van der Waals surface area (Å²) >= 11 is 0.847. The third-order valence-electron chi connectivity index (χ3n) is 2.25. The first-order valence-corrected chi connectivity index (χ1v) is 6.49. The Labute approximate surface area is 123 Å². The molecule has 1 aromatic carbocycles. The van der Waals surface area contributed by atoms with Crippen LogP contribution in [0.4, 0.5) is 5.13 Å². The molecule has 0 saturated carbocycles. The molecule has 1 amide bonds. The molecule has 0 radical (unpaired) electrons. The van der Waals surface area contributed by atoms with Gasteiger partial charge in [0.15, 0.2) is 0 Å². The Bertz CT molecular complexity index is 656. The lowest BCUT2D eigenvalue weighted by atomic mass is 10.2. The SMILES string of the molecule is O=CNc1nc(/C(=N\OCc2ccccc2)C(=O)O)ns1. The molecule has 21 heavy (non-hydrogen) atoms. The third kappa shape index (κ3) is 4.08. The van der Waals surface area contributed by atoms with E-state index in [1.165, 1.54) is 0 Å². The van der Waals surface area contributed by atoms with E-state index in [-0.39, 0.29) is 17.6 Å². The Morgan fingerprint density at radius 3 is 2.86 bits per heavy atom. The molecule has 0 atom stereocenters. The highest BCUT2D eigenvalue weighted by Gasteiger charge is 2.19. The molecule has 0 saturated heterocycles. The number of carbonyl (C=O) groups is 2. The number of carbonyl (C=O) groups excluding carboxylic acids is 1. The van der Waals surface area contributed by atoms with E-state index in [1.54, 1.807) is 0 Å². The van der Waals surface area contributed by atoms with E-state index in [2.05, 4.69) is 19.8 Å². The van der Waals surface area contributed by atoms with Crippen LogP contribution in [0.1, 0.15) is 11.4 Å². The largest absolute Gasteiger partial charge is 0.476 e. The monoisotopic (exact) mass is 306 g/mol. The summed E-state index contributed by atoms with van der Waals surface area (Å²) in [5.41, 5.74) is 0.418. The highest BCUT2D eigenvalue weighted by molar-refractivity contribution is 7.10. The third-order valence-corrected chi connectivity index (χ3v) is 2.90. The van der Waals surface area contributed by atoms with Gasteiger partial charge < -0.3 is 15.3 Å². The molecule has 2 rings (SSSR count). The standard InChI is InChI=1S/C12H10N4O4S/c17-7-13-12-14-10(16-21-12)9(11(18)19)15-20-6-8-4-2-1-3-5-8/h1-5,7H,6H2,(H,18,19)(H,13,14,16,17)/b15-9+. The van der Waals surface area contributed by atoms with Gasteiger partial charge in [0.2, 0.25) is 23.1 Å². The van der Waals surface area contributed by atoms with Gasteiger partial charge in [-0.25, -0.2) is 4.79 Å². The first-order chi connectivity index (χ1) is 10.2. The van der Waals surface area contributed by atoms with Crippen molar-refractivity contribution in [3.05, 3.63) is 41.7 Å². The Kier molecular flexibility index (Phi) is 4.94.